The Labute approximate surface area is 69.8 Å². The first-order valence-corrected chi connectivity index (χ1v) is 4.36. The number of unbranched alkanes of at least 4 members (excludes halogenated alkanes) is 1. The molecule has 1 atom stereocenters. The van der Waals surface area contributed by atoms with Gasteiger partial charge in [-0.25, -0.2) is 0 Å². The van der Waals surface area contributed by atoms with Gasteiger partial charge in [0.1, 0.15) is 0 Å². The van der Waals surface area contributed by atoms with Gasteiger partial charge in [-0.3, -0.25) is 0 Å². The van der Waals surface area contributed by atoms with Crippen molar-refractivity contribution in [3.63, 3.8) is 0 Å². The largest absolute Gasteiger partial charge is 0.393 e. The predicted octanol–water partition coefficient (Wildman–Crippen LogP) is 1.52. The Morgan fingerprint density at radius 1 is 1.27 bits per heavy atom. The molecule has 0 radical (unpaired) electrons. The summed E-state index contributed by atoms with van der Waals surface area (Å²) in [5.41, 5.74) is 5.36. The maximum atomic E-state index is 9.57. The first-order chi connectivity index (χ1) is 4.98. The summed E-state index contributed by atoms with van der Waals surface area (Å²) in [6.07, 6.45) is 2.75. The van der Waals surface area contributed by atoms with Crippen LogP contribution in [-0.4, -0.2) is 17.8 Å². The minimum Gasteiger partial charge on any atom is -0.393 e. The Balaban J connectivity index is 3.44. The fourth-order valence-corrected chi connectivity index (χ4v) is 0.915. The highest BCUT2D eigenvalue weighted by Gasteiger charge is 2.20. The van der Waals surface area contributed by atoms with Crippen molar-refractivity contribution in [3.05, 3.63) is 0 Å². The van der Waals surface area contributed by atoms with E-state index < -0.39 is 0 Å². The Hall–Kier alpha value is -0.0800. The van der Waals surface area contributed by atoms with Crippen LogP contribution in [0.5, 0.6) is 0 Å². The monoisotopic (exact) mass is 159 g/mol. The highest BCUT2D eigenvalue weighted by Crippen LogP contribution is 2.22. The summed E-state index contributed by atoms with van der Waals surface area (Å²) in [6.45, 7) is 6.90. The third-order valence-electron chi connectivity index (χ3n) is 1.93. The molecular formula is C9H21NO. The first kappa shape index (κ1) is 10.9. The molecule has 11 heavy (non-hydrogen) atoms. The molecule has 0 aromatic carbocycles. The van der Waals surface area contributed by atoms with Crippen molar-refractivity contribution in [2.45, 2.75) is 46.1 Å². The molecule has 0 aliphatic carbocycles. The lowest BCUT2D eigenvalue weighted by molar-refractivity contribution is 0.0536. The second kappa shape index (κ2) is 4.73. The highest BCUT2D eigenvalue weighted by atomic mass is 16.3. The van der Waals surface area contributed by atoms with Crippen LogP contribution >= 0.6 is 0 Å². The van der Waals surface area contributed by atoms with Crippen molar-refractivity contribution in [1.82, 2.24) is 0 Å². The maximum absolute atomic E-state index is 9.57. The van der Waals surface area contributed by atoms with Crippen molar-refractivity contribution in [2.24, 2.45) is 11.1 Å². The van der Waals surface area contributed by atoms with Crippen molar-refractivity contribution >= 4 is 0 Å². The molecule has 0 saturated heterocycles. The molecule has 0 fully saturated rings. The zero-order chi connectivity index (χ0) is 8.91. The quantitative estimate of drug-likeness (QED) is 0.611. The molecule has 0 amide bonds. The van der Waals surface area contributed by atoms with Crippen LogP contribution in [0, 0.1) is 5.41 Å². The Morgan fingerprint density at radius 2 is 1.82 bits per heavy atom. The van der Waals surface area contributed by atoms with E-state index >= 15 is 0 Å². The second-order valence-corrected chi connectivity index (χ2v) is 4.17. The van der Waals surface area contributed by atoms with E-state index in [1.165, 1.54) is 0 Å². The van der Waals surface area contributed by atoms with Gasteiger partial charge in [-0.15, -0.1) is 0 Å². The number of aliphatic hydroxyl groups is 1. The summed E-state index contributed by atoms with van der Waals surface area (Å²) in [5.74, 6) is 0. The molecule has 68 valence electrons. The van der Waals surface area contributed by atoms with Gasteiger partial charge in [0.15, 0.2) is 0 Å². The van der Waals surface area contributed by atoms with Gasteiger partial charge in [-0.1, -0.05) is 20.8 Å². The lowest BCUT2D eigenvalue weighted by Crippen LogP contribution is -2.25. The van der Waals surface area contributed by atoms with Crippen LogP contribution in [0.1, 0.15) is 40.0 Å². The number of nitrogens with two attached hydrogens (primary N) is 1. The van der Waals surface area contributed by atoms with Gasteiger partial charge in [0.05, 0.1) is 6.10 Å². The number of rotatable bonds is 4. The molecule has 0 bridgehead atoms. The van der Waals surface area contributed by atoms with Gasteiger partial charge in [-0.05, 0) is 31.2 Å². The zero-order valence-corrected chi connectivity index (χ0v) is 7.93. The van der Waals surface area contributed by atoms with Crippen molar-refractivity contribution in [2.75, 3.05) is 6.54 Å². The summed E-state index contributed by atoms with van der Waals surface area (Å²) in [6, 6.07) is 0. The van der Waals surface area contributed by atoms with Gasteiger partial charge in [0, 0.05) is 0 Å². The maximum Gasteiger partial charge on any atom is 0.0588 e. The molecular weight excluding hydrogens is 138 g/mol. The number of aliphatic hydroxyl groups excluding tert-OH is 1. The van der Waals surface area contributed by atoms with Gasteiger partial charge in [-0.2, -0.15) is 0 Å². The molecule has 0 aliphatic heterocycles. The van der Waals surface area contributed by atoms with Crippen molar-refractivity contribution < 1.29 is 5.11 Å². The minimum atomic E-state index is -0.186. The lowest BCUT2D eigenvalue weighted by atomic mass is 9.86. The van der Waals surface area contributed by atoms with Crippen LogP contribution < -0.4 is 5.73 Å². The van der Waals surface area contributed by atoms with Crippen LogP contribution in [0.15, 0.2) is 0 Å². The molecule has 2 nitrogen and oxygen atoms in total. The lowest BCUT2D eigenvalue weighted by Gasteiger charge is -2.25. The van der Waals surface area contributed by atoms with Crippen molar-refractivity contribution in [3.8, 4) is 0 Å². The molecule has 2 heteroatoms. The average molecular weight is 159 g/mol. The van der Waals surface area contributed by atoms with E-state index in [9.17, 15) is 5.11 Å². The number of hydrogen-bond acceptors (Lipinski definition) is 2. The van der Waals surface area contributed by atoms with Gasteiger partial charge >= 0.3 is 0 Å². The van der Waals surface area contributed by atoms with Gasteiger partial charge < -0.3 is 10.8 Å². The number of hydrogen-bond donors (Lipinski definition) is 2. The highest BCUT2D eigenvalue weighted by molar-refractivity contribution is 4.72. The van der Waals surface area contributed by atoms with E-state index in [4.69, 9.17) is 5.73 Å². The average Bonchev–Trinajstić information content (AvgIpc) is 1.86. The molecule has 0 spiro atoms. The molecule has 0 saturated carbocycles. The molecule has 1 unspecified atom stereocenters. The predicted molar refractivity (Wildman–Crippen MR) is 48.4 cm³/mol. The van der Waals surface area contributed by atoms with E-state index in [0.717, 1.165) is 25.8 Å². The normalized spacial score (nSPS) is 15.0. The molecule has 0 heterocycles. The standard InChI is InChI=1S/C9H21NO/c1-9(2,3)8(11)6-4-5-7-10/h8,11H,4-7,10H2,1-3H3. The summed E-state index contributed by atoms with van der Waals surface area (Å²) >= 11 is 0. The topological polar surface area (TPSA) is 46.2 Å². The van der Waals surface area contributed by atoms with Crippen LogP contribution in [0.25, 0.3) is 0 Å². The van der Waals surface area contributed by atoms with E-state index in [1.54, 1.807) is 0 Å². The SMILES string of the molecule is CC(C)(C)C(O)CCCCN. The molecule has 3 N–H and O–H groups in total. The third kappa shape index (κ3) is 5.22. The first-order valence-electron chi connectivity index (χ1n) is 4.36. The Bertz CT molecular complexity index is 96.2. The Kier molecular flexibility index (Phi) is 4.69. The van der Waals surface area contributed by atoms with E-state index in [0.29, 0.717) is 0 Å². The van der Waals surface area contributed by atoms with Crippen LogP contribution in [0.2, 0.25) is 0 Å². The molecule has 0 aromatic heterocycles. The molecule has 0 aliphatic rings. The van der Waals surface area contributed by atoms with Crippen molar-refractivity contribution in [1.29, 1.82) is 0 Å². The molecule has 0 aromatic rings. The smallest absolute Gasteiger partial charge is 0.0588 e. The summed E-state index contributed by atoms with van der Waals surface area (Å²) < 4.78 is 0. The minimum absolute atomic E-state index is 0.0224. The zero-order valence-electron chi connectivity index (χ0n) is 7.93. The van der Waals surface area contributed by atoms with Gasteiger partial charge in [0.2, 0.25) is 0 Å². The third-order valence-corrected chi connectivity index (χ3v) is 1.93. The second-order valence-electron chi connectivity index (χ2n) is 4.17. The van der Waals surface area contributed by atoms with E-state index in [-0.39, 0.29) is 11.5 Å². The van der Waals surface area contributed by atoms with E-state index in [1.807, 2.05) is 0 Å². The summed E-state index contributed by atoms with van der Waals surface area (Å²) in [5, 5.41) is 9.57. The fraction of sp³-hybridized carbons (Fsp3) is 1.00. The van der Waals surface area contributed by atoms with Crippen LogP contribution in [0.4, 0.5) is 0 Å². The molecule has 0 rings (SSSR count). The fourth-order valence-electron chi connectivity index (χ4n) is 0.915. The van der Waals surface area contributed by atoms with Crippen LogP contribution in [-0.2, 0) is 0 Å². The van der Waals surface area contributed by atoms with Crippen LogP contribution in [0.3, 0.4) is 0 Å². The van der Waals surface area contributed by atoms with E-state index in [2.05, 4.69) is 20.8 Å². The Morgan fingerprint density at radius 3 is 2.18 bits per heavy atom. The van der Waals surface area contributed by atoms with Gasteiger partial charge in [0.25, 0.3) is 0 Å². The summed E-state index contributed by atoms with van der Waals surface area (Å²) in [4.78, 5) is 0. The summed E-state index contributed by atoms with van der Waals surface area (Å²) in [7, 11) is 0.